The summed E-state index contributed by atoms with van der Waals surface area (Å²) in [4.78, 5) is 0. The van der Waals surface area contributed by atoms with Gasteiger partial charge < -0.3 is 5.32 Å². The molecule has 0 aliphatic rings. The zero-order chi connectivity index (χ0) is 14.7. The van der Waals surface area contributed by atoms with Gasteiger partial charge in [0.25, 0.3) is 0 Å². The van der Waals surface area contributed by atoms with E-state index in [9.17, 15) is 4.39 Å². The number of rotatable bonds is 5. The van der Waals surface area contributed by atoms with Crippen molar-refractivity contribution in [3.05, 3.63) is 52.1 Å². The van der Waals surface area contributed by atoms with Crippen LogP contribution in [-0.4, -0.2) is 16.3 Å². The van der Waals surface area contributed by atoms with Gasteiger partial charge in [-0.25, -0.2) is 4.39 Å². The monoisotopic (exact) mass is 295 g/mol. The first-order valence-electron chi connectivity index (χ1n) is 6.68. The molecule has 0 saturated heterocycles. The van der Waals surface area contributed by atoms with Gasteiger partial charge in [-0.05, 0) is 43.7 Å². The largest absolute Gasteiger partial charge is 0.310 e. The zero-order valence-corrected chi connectivity index (χ0v) is 12.7. The van der Waals surface area contributed by atoms with Crippen LogP contribution in [0.25, 0.3) is 0 Å². The molecular formula is C15H19ClFN3. The maximum Gasteiger partial charge on any atom is 0.123 e. The minimum Gasteiger partial charge on any atom is -0.310 e. The third-order valence-corrected chi connectivity index (χ3v) is 3.90. The maximum atomic E-state index is 13.4. The van der Waals surface area contributed by atoms with E-state index in [1.807, 2.05) is 31.8 Å². The highest BCUT2D eigenvalue weighted by Gasteiger charge is 2.18. The molecule has 108 valence electrons. The third-order valence-electron chi connectivity index (χ3n) is 3.53. The minimum atomic E-state index is -0.262. The standard InChI is InChI=1S/C15H19ClFN3/c1-4-18-15(13-9-19-20(3)10(13)2)8-11-7-12(17)5-6-14(11)16/h5-7,9,15,18H,4,8H2,1-3H3. The van der Waals surface area contributed by atoms with E-state index in [0.717, 1.165) is 23.4 Å². The Morgan fingerprint density at radius 2 is 2.20 bits per heavy atom. The van der Waals surface area contributed by atoms with Gasteiger partial charge >= 0.3 is 0 Å². The van der Waals surface area contributed by atoms with Crippen molar-refractivity contribution in [2.45, 2.75) is 26.3 Å². The molecule has 1 aromatic carbocycles. The van der Waals surface area contributed by atoms with Crippen molar-refractivity contribution < 1.29 is 4.39 Å². The van der Waals surface area contributed by atoms with Crippen LogP contribution in [0.2, 0.25) is 5.02 Å². The van der Waals surface area contributed by atoms with Crippen LogP contribution in [-0.2, 0) is 13.5 Å². The van der Waals surface area contributed by atoms with Gasteiger partial charge in [-0.15, -0.1) is 0 Å². The second-order valence-electron chi connectivity index (χ2n) is 4.86. The van der Waals surface area contributed by atoms with Crippen LogP contribution in [0.15, 0.2) is 24.4 Å². The lowest BCUT2D eigenvalue weighted by Crippen LogP contribution is -2.23. The van der Waals surface area contributed by atoms with Crippen LogP contribution in [0.1, 0.15) is 29.8 Å². The Morgan fingerprint density at radius 1 is 1.45 bits per heavy atom. The molecule has 0 bridgehead atoms. The van der Waals surface area contributed by atoms with Gasteiger partial charge in [-0.2, -0.15) is 5.10 Å². The number of aryl methyl sites for hydroxylation is 1. The molecule has 2 rings (SSSR count). The van der Waals surface area contributed by atoms with Gasteiger partial charge in [0.15, 0.2) is 0 Å². The second kappa shape index (κ2) is 6.37. The molecule has 0 spiro atoms. The molecule has 20 heavy (non-hydrogen) atoms. The van der Waals surface area contributed by atoms with E-state index in [4.69, 9.17) is 11.6 Å². The first-order valence-corrected chi connectivity index (χ1v) is 7.06. The van der Waals surface area contributed by atoms with Crippen LogP contribution < -0.4 is 5.32 Å². The molecule has 0 amide bonds. The van der Waals surface area contributed by atoms with E-state index in [1.165, 1.54) is 12.1 Å². The van der Waals surface area contributed by atoms with E-state index in [-0.39, 0.29) is 11.9 Å². The summed E-state index contributed by atoms with van der Waals surface area (Å²) < 4.78 is 15.2. The molecule has 0 aliphatic heterocycles. The molecule has 0 radical (unpaired) electrons. The molecule has 0 saturated carbocycles. The highest BCUT2D eigenvalue weighted by atomic mass is 35.5. The summed E-state index contributed by atoms with van der Waals surface area (Å²) in [5, 5.41) is 8.28. The van der Waals surface area contributed by atoms with Crippen molar-refractivity contribution in [3.8, 4) is 0 Å². The molecule has 2 aromatic rings. The summed E-state index contributed by atoms with van der Waals surface area (Å²) in [5.41, 5.74) is 3.03. The average molecular weight is 296 g/mol. The predicted molar refractivity (Wildman–Crippen MR) is 79.5 cm³/mol. The predicted octanol–water partition coefficient (Wildman–Crippen LogP) is 3.41. The number of halogens is 2. The lowest BCUT2D eigenvalue weighted by Gasteiger charge is -2.18. The first-order chi connectivity index (χ1) is 9.52. The van der Waals surface area contributed by atoms with Gasteiger partial charge in [0, 0.05) is 29.4 Å². The Morgan fingerprint density at radius 3 is 2.80 bits per heavy atom. The summed E-state index contributed by atoms with van der Waals surface area (Å²) in [6.07, 6.45) is 2.49. The van der Waals surface area contributed by atoms with Crippen molar-refractivity contribution >= 4 is 11.6 Å². The second-order valence-corrected chi connectivity index (χ2v) is 5.27. The maximum absolute atomic E-state index is 13.4. The van der Waals surface area contributed by atoms with E-state index >= 15 is 0 Å². The van der Waals surface area contributed by atoms with Gasteiger partial charge in [-0.1, -0.05) is 18.5 Å². The smallest absolute Gasteiger partial charge is 0.123 e. The topological polar surface area (TPSA) is 29.9 Å². The first kappa shape index (κ1) is 15.0. The van der Waals surface area contributed by atoms with Crippen LogP contribution in [0.5, 0.6) is 0 Å². The molecule has 0 aliphatic carbocycles. The number of nitrogens with zero attached hydrogens (tertiary/aromatic N) is 2. The Balaban J connectivity index is 2.30. The lowest BCUT2D eigenvalue weighted by molar-refractivity contribution is 0.543. The summed E-state index contributed by atoms with van der Waals surface area (Å²) >= 11 is 6.16. The van der Waals surface area contributed by atoms with Gasteiger partial charge in [0.1, 0.15) is 5.82 Å². The SMILES string of the molecule is CCNC(Cc1cc(F)ccc1Cl)c1cnn(C)c1C. The Labute approximate surface area is 123 Å². The summed E-state index contributed by atoms with van der Waals surface area (Å²) in [6.45, 7) is 4.90. The van der Waals surface area contributed by atoms with Gasteiger partial charge in [0.2, 0.25) is 0 Å². The van der Waals surface area contributed by atoms with Crippen molar-refractivity contribution in [3.63, 3.8) is 0 Å². The number of nitrogens with one attached hydrogen (secondary N) is 1. The molecule has 1 atom stereocenters. The van der Waals surface area contributed by atoms with Crippen LogP contribution in [0.3, 0.4) is 0 Å². The fourth-order valence-corrected chi connectivity index (χ4v) is 2.51. The summed E-state index contributed by atoms with van der Waals surface area (Å²) in [6, 6.07) is 4.56. The number of aromatic nitrogens is 2. The average Bonchev–Trinajstić information content (AvgIpc) is 2.74. The van der Waals surface area contributed by atoms with Crippen molar-refractivity contribution in [2.75, 3.05) is 6.54 Å². The number of likely N-dealkylation sites (N-methyl/N-ethyl adjacent to an activating group) is 1. The Bertz CT molecular complexity index is 595. The summed E-state index contributed by atoms with van der Waals surface area (Å²) in [7, 11) is 1.91. The Hall–Kier alpha value is -1.39. The molecule has 5 heteroatoms. The van der Waals surface area contributed by atoms with Gasteiger partial charge in [0.05, 0.1) is 6.20 Å². The normalized spacial score (nSPS) is 12.7. The van der Waals surface area contributed by atoms with Crippen LogP contribution in [0.4, 0.5) is 4.39 Å². The third kappa shape index (κ3) is 3.19. The fourth-order valence-electron chi connectivity index (χ4n) is 2.32. The van der Waals surface area contributed by atoms with Crippen LogP contribution >= 0.6 is 11.6 Å². The lowest BCUT2D eigenvalue weighted by atomic mass is 9.99. The molecule has 3 nitrogen and oxygen atoms in total. The molecule has 1 unspecified atom stereocenters. The van der Waals surface area contributed by atoms with E-state index in [2.05, 4.69) is 10.4 Å². The Kier molecular flexibility index (Phi) is 4.78. The van der Waals surface area contributed by atoms with Crippen molar-refractivity contribution in [1.82, 2.24) is 15.1 Å². The summed E-state index contributed by atoms with van der Waals surface area (Å²) in [5.74, 6) is -0.262. The number of hydrogen-bond acceptors (Lipinski definition) is 2. The van der Waals surface area contributed by atoms with Crippen LogP contribution in [0, 0.1) is 12.7 Å². The zero-order valence-electron chi connectivity index (χ0n) is 12.0. The van der Waals surface area contributed by atoms with E-state index < -0.39 is 0 Å². The van der Waals surface area contributed by atoms with Crippen molar-refractivity contribution in [2.24, 2.45) is 7.05 Å². The number of hydrogen-bond donors (Lipinski definition) is 1. The van der Waals surface area contributed by atoms with Gasteiger partial charge in [-0.3, -0.25) is 4.68 Å². The molecule has 1 N–H and O–H groups in total. The van der Waals surface area contributed by atoms with Crippen molar-refractivity contribution in [1.29, 1.82) is 0 Å². The molecule has 1 aromatic heterocycles. The molecule has 1 heterocycles. The van der Waals surface area contributed by atoms with E-state index in [1.54, 1.807) is 6.07 Å². The minimum absolute atomic E-state index is 0.0769. The number of benzene rings is 1. The fraction of sp³-hybridized carbons (Fsp3) is 0.400. The van der Waals surface area contributed by atoms with E-state index in [0.29, 0.717) is 11.4 Å². The molecule has 0 fully saturated rings. The highest BCUT2D eigenvalue weighted by molar-refractivity contribution is 6.31. The quantitative estimate of drug-likeness (QED) is 0.916. The molecular weight excluding hydrogens is 277 g/mol. The highest BCUT2D eigenvalue weighted by Crippen LogP contribution is 2.25.